The summed E-state index contributed by atoms with van der Waals surface area (Å²) in [6.45, 7) is 6.42. The number of nitrogen functional groups attached to an aromatic ring is 1. The summed E-state index contributed by atoms with van der Waals surface area (Å²) in [4.78, 5) is 10.9. The number of rotatable bonds is 4. The van der Waals surface area contributed by atoms with Gasteiger partial charge in [0.2, 0.25) is 5.95 Å². The van der Waals surface area contributed by atoms with Crippen molar-refractivity contribution in [2.45, 2.75) is 38.8 Å². The molecule has 0 atom stereocenters. The van der Waals surface area contributed by atoms with Crippen molar-refractivity contribution in [1.29, 1.82) is 0 Å². The number of hydrogen-bond donors (Lipinski definition) is 1. The van der Waals surface area contributed by atoms with E-state index in [1.807, 2.05) is 6.07 Å². The van der Waals surface area contributed by atoms with E-state index in [9.17, 15) is 0 Å². The fourth-order valence-electron chi connectivity index (χ4n) is 3.88. The summed E-state index contributed by atoms with van der Waals surface area (Å²) in [5.41, 5.74) is 9.53. The van der Waals surface area contributed by atoms with Crippen molar-refractivity contribution in [2.24, 2.45) is 0 Å². The fraction of sp³-hybridized carbons (Fsp3) is 0.400. The minimum atomic E-state index is 0.382. The van der Waals surface area contributed by atoms with Gasteiger partial charge in [0, 0.05) is 42.6 Å². The van der Waals surface area contributed by atoms with Gasteiger partial charge in [0.1, 0.15) is 0 Å². The Labute approximate surface area is 148 Å². The van der Waals surface area contributed by atoms with Crippen molar-refractivity contribution in [3.63, 3.8) is 0 Å². The molecule has 1 aromatic carbocycles. The molecule has 0 amide bonds. The van der Waals surface area contributed by atoms with Gasteiger partial charge in [-0.25, -0.2) is 9.97 Å². The molecule has 0 bridgehead atoms. The molecule has 3 aromatic rings. The maximum atomic E-state index is 5.72. The van der Waals surface area contributed by atoms with Gasteiger partial charge in [-0.15, -0.1) is 0 Å². The van der Waals surface area contributed by atoms with Crippen LogP contribution in [0.5, 0.6) is 0 Å². The van der Waals surface area contributed by atoms with E-state index in [2.05, 4.69) is 56.8 Å². The normalized spacial score (nSPS) is 16.5. The fourth-order valence-corrected chi connectivity index (χ4v) is 3.88. The standard InChI is InChI=1S/C20H25N5/c1-2-25-12-8-17-13-15(3-4-19(17)25)14-24-10-6-16(7-11-24)18-5-9-22-20(21)23-18/h3-5,8-9,12-13,16H,2,6-7,10-11,14H2,1H3,(H2,21,22,23). The molecule has 1 aliphatic rings. The summed E-state index contributed by atoms with van der Waals surface area (Å²) in [7, 11) is 0. The predicted molar refractivity (Wildman–Crippen MR) is 101 cm³/mol. The van der Waals surface area contributed by atoms with Crippen molar-refractivity contribution in [2.75, 3.05) is 18.8 Å². The van der Waals surface area contributed by atoms with Crippen LogP contribution < -0.4 is 5.73 Å². The summed E-state index contributed by atoms with van der Waals surface area (Å²) in [5, 5.41) is 1.34. The Morgan fingerprint density at radius 1 is 1.16 bits per heavy atom. The van der Waals surface area contributed by atoms with Gasteiger partial charge < -0.3 is 10.3 Å². The van der Waals surface area contributed by atoms with E-state index in [0.29, 0.717) is 11.9 Å². The molecule has 25 heavy (non-hydrogen) atoms. The number of anilines is 1. The lowest BCUT2D eigenvalue weighted by Gasteiger charge is -2.31. The van der Waals surface area contributed by atoms with Crippen LogP contribution in [0.1, 0.15) is 36.9 Å². The zero-order chi connectivity index (χ0) is 17.2. The van der Waals surface area contributed by atoms with E-state index in [4.69, 9.17) is 5.73 Å². The average molecular weight is 335 g/mol. The van der Waals surface area contributed by atoms with Crippen LogP contribution in [0.25, 0.3) is 10.9 Å². The molecule has 2 aromatic heterocycles. The molecular formula is C20H25N5. The number of nitrogens with two attached hydrogens (primary N) is 1. The molecule has 0 saturated carbocycles. The third kappa shape index (κ3) is 3.37. The van der Waals surface area contributed by atoms with Gasteiger partial charge in [-0.1, -0.05) is 6.07 Å². The van der Waals surface area contributed by atoms with Crippen molar-refractivity contribution in [1.82, 2.24) is 19.4 Å². The summed E-state index contributed by atoms with van der Waals surface area (Å²) in [6, 6.07) is 11.1. The zero-order valence-electron chi connectivity index (χ0n) is 14.7. The Kier molecular flexibility index (Phi) is 4.40. The molecule has 0 spiro atoms. The topological polar surface area (TPSA) is 60.0 Å². The van der Waals surface area contributed by atoms with Gasteiger partial charge in [-0.05, 0) is 68.1 Å². The SMILES string of the molecule is CCn1ccc2cc(CN3CCC(c4ccnc(N)n4)CC3)ccc21. The summed E-state index contributed by atoms with van der Waals surface area (Å²) in [6.07, 6.45) is 6.20. The van der Waals surface area contributed by atoms with Crippen LogP contribution in [0.15, 0.2) is 42.7 Å². The van der Waals surface area contributed by atoms with E-state index in [1.165, 1.54) is 16.5 Å². The quantitative estimate of drug-likeness (QED) is 0.794. The average Bonchev–Trinajstić information content (AvgIpc) is 3.05. The molecule has 4 rings (SSSR count). The van der Waals surface area contributed by atoms with Crippen molar-refractivity contribution in [3.05, 3.63) is 54.0 Å². The van der Waals surface area contributed by atoms with Crippen LogP contribution in [-0.2, 0) is 13.1 Å². The highest BCUT2D eigenvalue weighted by Gasteiger charge is 2.22. The zero-order valence-corrected chi connectivity index (χ0v) is 14.7. The summed E-state index contributed by atoms with van der Waals surface area (Å²) >= 11 is 0. The van der Waals surface area contributed by atoms with Gasteiger partial charge in [-0.2, -0.15) is 0 Å². The predicted octanol–water partition coefficient (Wildman–Crippen LogP) is 3.41. The van der Waals surface area contributed by atoms with Crippen LogP contribution in [-0.4, -0.2) is 32.5 Å². The van der Waals surface area contributed by atoms with Crippen molar-refractivity contribution >= 4 is 16.9 Å². The van der Waals surface area contributed by atoms with Gasteiger partial charge in [0.05, 0.1) is 0 Å². The molecule has 5 nitrogen and oxygen atoms in total. The maximum absolute atomic E-state index is 5.72. The first-order chi connectivity index (χ1) is 12.2. The van der Waals surface area contributed by atoms with E-state index >= 15 is 0 Å². The third-order valence-corrected chi connectivity index (χ3v) is 5.28. The largest absolute Gasteiger partial charge is 0.368 e. The highest BCUT2D eigenvalue weighted by molar-refractivity contribution is 5.80. The van der Waals surface area contributed by atoms with E-state index in [0.717, 1.165) is 44.7 Å². The number of aromatic nitrogens is 3. The minimum Gasteiger partial charge on any atom is -0.368 e. The smallest absolute Gasteiger partial charge is 0.220 e. The van der Waals surface area contributed by atoms with E-state index in [1.54, 1.807) is 6.20 Å². The lowest BCUT2D eigenvalue weighted by molar-refractivity contribution is 0.203. The molecule has 2 N–H and O–H groups in total. The molecular weight excluding hydrogens is 310 g/mol. The number of aryl methyl sites for hydroxylation is 1. The highest BCUT2D eigenvalue weighted by Crippen LogP contribution is 2.28. The maximum Gasteiger partial charge on any atom is 0.220 e. The molecule has 0 aliphatic carbocycles. The first-order valence-electron chi connectivity index (χ1n) is 9.11. The summed E-state index contributed by atoms with van der Waals surface area (Å²) < 4.78 is 2.29. The first-order valence-corrected chi connectivity index (χ1v) is 9.11. The molecule has 1 saturated heterocycles. The van der Waals surface area contributed by atoms with Crippen LogP contribution in [0, 0.1) is 0 Å². The second-order valence-corrected chi connectivity index (χ2v) is 6.89. The highest BCUT2D eigenvalue weighted by atomic mass is 15.1. The van der Waals surface area contributed by atoms with Gasteiger partial charge in [0.15, 0.2) is 0 Å². The Morgan fingerprint density at radius 2 is 2.00 bits per heavy atom. The Morgan fingerprint density at radius 3 is 2.76 bits per heavy atom. The molecule has 0 radical (unpaired) electrons. The molecule has 1 aliphatic heterocycles. The lowest BCUT2D eigenvalue weighted by Crippen LogP contribution is -2.32. The number of fused-ring (bicyclic) bond motifs is 1. The monoisotopic (exact) mass is 335 g/mol. The molecule has 5 heteroatoms. The molecule has 3 heterocycles. The molecule has 130 valence electrons. The van der Waals surface area contributed by atoms with Crippen LogP contribution in [0.3, 0.4) is 0 Å². The van der Waals surface area contributed by atoms with Gasteiger partial charge >= 0.3 is 0 Å². The van der Waals surface area contributed by atoms with Crippen molar-refractivity contribution in [3.8, 4) is 0 Å². The van der Waals surface area contributed by atoms with Gasteiger partial charge in [0.25, 0.3) is 0 Å². The van der Waals surface area contributed by atoms with Crippen molar-refractivity contribution < 1.29 is 0 Å². The molecule has 0 unspecified atom stereocenters. The minimum absolute atomic E-state index is 0.382. The van der Waals surface area contributed by atoms with Crippen LogP contribution in [0.2, 0.25) is 0 Å². The molecule has 1 fully saturated rings. The first kappa shape index (κ1) is 16.1. The number of benzene rings is 1. The van der Waals surface area contributed by atoms with E-state index < -0.39 is 0 Å². The van der Waals surface area contributed by atoms with E-state index in [-0.39, 0.29) is 0 Å². The Bertz CT molecular complexity index is 861. The Balaban J connectivity index is 1.40. The Hall–Kier alpha value is -2.40. The number of hydrogen-bond acceptors (Lipinski definition) is 4. The number of nitrogens with zero attached hydrogens (tertiary/aromatic N) is 4. The van der Waals surface area contributed by atoms with Gasteiger partial charge in [-0.3, -0.25) is 4.90 Å². The second-order valence-electron chi connectivity index (χ2n) is 6.89. The van der Waals surface area contributed by atoms with Crippen LogP contribution in [0.4, 0.5) is 5.95 Å². The second kappa shape index (κ2) is 6.84. The van der Waals surface area contributed by atoms with Crippen LogP contribution >= 0.6 is 0 Å². The third-order valence-electron chi connectivity index (χ3n) is 5.28. The number of likely N-dealkylation sites (tertiary alicyclic amines) is 1. The summed E-state index contributed by atoms with van der Waals surface area (Å²) in [5.74, 6) is 0.884. The number of piperidine rings is 1. The lowest BCUT2D eigenvalue weighted by atomic mass is 9.93.